The molecule has 4 heteroatoms. The van der Waals surface area contributed by atoms with Crippen molar-refractivity contribution in [2.75, 3.05) is 13.7 Å². The highest BCUT2D eigenvalue weighted by atomic mass is 16.5. The van der Waals surface area contributed by atoms with Crippen LogP contribution in [-0.2, 0) is 30.8 Å². The van der Waals surface area contributed by atoms with E-state index in [0.29, 0.717) is 13.0 Å². The number of carbonyl (C=O) groups is 1. The third-order valence-electron chi connectivity index (χ3n) is 6.76. The van der Waals surface area contributed by atoms with Gasteiger partial charge in [-0.1, -0.05) is 48.5 Å². The Morgan fingerprint density at radius 3 is 2.56 bits per heavy atom. The van der Waals surface area contributed by atoms with Gasteiger partial charge >= 0.3 is 0 Å². The van der Waals surface area contributed by atoms with Gasteiger partial charge in [0.2, 0.25) is 0 Å². The van der Waals surface area contributed by atoms with E-state index in [-0.39, 0.29) is 5.78 Å². The lowest BCUT2D eigenvalue weighted by molar-refractivity contribution is -0.117. The van der Waals surface area contributed by atoms with Crippen molar-refractivity contribution in [3.05, 3.63) is 82.4 Å². The lowest BCUT2D eigenvalue weighted by atomic mass is 9.97. The molecule has 4 rings (SSSR count). The van der Waals surface area contributed by atoms with Crippen molar-refractivity contribution in [1.29, 1.82) is 0 Å². The number of Topliss-reactive ketones (excluding diaryl/α,β-unsaturated/α-hetero) is 1. The number of benzene rings is 3. The molecule has 0 spiro atoms. The van der Waals surface area contributed by atoms with Gasteiger partial charge in [-0.25, -0.2) is 0 Å². The molecule has 0 radical (unpaired) electrons. The largest absolute Gasteiger partial charge is 0.496 e. The number of ketones is 1. The molecule has 34 heavy (non-hydrogen) atoms. The first-order valence-corrected chi connectivity index (χ1v) is 12.3. The molecule has 4 nitrogen and oxygen atoms in total. The van der Waals surface area contributed by atoms with Gasteiger partial charge in [-0.15, -0.1) is 0 Å². The van der Waals surface area contributed by atoms with Crippen molar-refractivity contribution < 1.29 is 14.3 Å². The van der Waals surface area contributed by atoms with E-state index in [1.165, 1.54) is 38.9 Å². The summed E-state index contributed by atoms with van der Waals surface area (Å²) in [6, 6.07) is 19.0. The molecule has 3 aromatic carbocycles. The minimum Gasteiger partial charge on any atom is -0.496 e. The Kier molecular flexibility index (Phi) is 8.02. The first-order chi connectivity index (χ1) is 16.6. The summed E-state index contributed by atoms with van der Waals surface area (Å²) >= 11 is 0. The van der Waals surface area contributed by atoms with Crippen LogP contribution in [0.4, 0.5) is 0 Å². The van der Waals surface area contributed by atoms with Crippen molar-refractivity contribution in [3.63, 3.8) is 0 Å². The van der Waals surface area contributed by atoms with Crippen molar-refractivity contribution in [3.8, 4) is 22.6 Å². The molecule has 178 valence electrons. The molecule has 0 amide bonds. The Bertz CT molecular complexity index is 1140. The van der Waals surface area contributed by atoms with E-state index in [2.05, 4.69) is 60.8 Å². The monoisotopic (exact) mass is 457 g/mol. The van der Waals surface area contributed by atoms with Crippen LogP contribution in [0.3, 0.4) is 0 Å². The fourth-order valence-electron chi connectivity index (χ4n) is 4.90. The third kappa shape index (κ3) is 5.51. The van der Waals surface area contributed by atoms with Crippen molar-refractivity contribution in [2.24, 2.45) is 0 Å². The SMILES string of the molecule is COc1cc(OCc2cccc(-c3ccccc3)c2C)c2c(c1CNCCCC(C)=O)CCC2. The van der Waals surface area contributed by atoms with Crippen LogP contribution < -0.4 is 14.8 Å². The molecular weight excluding hydrogens is 422 g/mol. The molecule has 1 aliphatic rings. The van der Waals surface area contributed by atoms with Gasteiger partial charge in [0.1, 0.15) is 23.9 Å². The van der Waals surface area contributed by atoms with Crippen LogP contribution in [0.15, 0.2) is 54.6 Å². The number of fused-ring (bicyclic) bond motifs is 1. The Hall–Kier alpha value is -3.11. The van der Waals surface area contributed by atoms with Crippen molar-refractivity contribution in [1.82, 2.24) is 5.32 Å². The second kappa shape index (κ2) is 11.3. The summed E-state index contributed by atoms with van der Waals surface area (Å²) < 4.78 is 12.2. The zero-order valence-corrected chi connectivity index (χ0v) is 20.6. The lowest BCUT2D eigenvalue weighted by Gasteiger charge is -2.19. The van der Waals surface area contributed by atoms with Gasteiger partial charge in [-0.05, 0) is 79.5 Å². The Morgan fingerprint density at radius 1 is 1.00 bits per heavy atom. The maximum absolute atomic E-state index is 11.2. The molecule has 3 aromatic rings. The molecule has 0 atom stereocenters. The van der Waals surface area contributed by atoms with Gasteiger partial charge in [0.25, 0.3) is 0 Å². The minimum atomic E-state index is 0.242. The van der Waals surface area contributed by atoms with Crippen LogP contribution in [0, 0.1) is 6.92 Å². The Labute approximate surface area is 203 Å². The van der Waals surface area contributed by atoms with Crippen LogP contribution in [0.2, 0.25) is 0 Å². The molecule has 0 saturated heterocycles. The molecule has 0 bridgehead atoms. The third-order valence-corrected chi connectivity index (χ3v) is 6.76. The van der Waals surface area contributed by atoms with E-state index in [4.69, 9.17) is 9.47 Å². The highest BCUT2D eigenvalue weighted by Gasteiger charge is 2.23. The van der Waals surface area contributed by atoms with Gasteiger partial charge in [-0.2, -0.15) is 0 Å². The van der Waals surface area contributed by atoms with E-state index >= 15 is 0 Å². The van der Waals surface area contributed by atoms with Crippen LogP contribution in [0.1, 0.15) is 54.0 Å². The van der Waals surface area contributed by atoms with Crippen LogP contribution >= 0.6 is 0 Å². The summed E-state index contributed by atoms with van der Waals surface area (Å²) in [5.41, 5.74) is 8.83. The van der Waals surface area contributed by atoms with E-state index < -0.39 is 0 Å². The fourth-order valence-corrected chi connectivity index (χ4v) is 4.90. The molecule has 0 fully saturated rings. The number of rotatable bonds is 11. The van der Waals surface area contributed by atoms with Crippen LogP contribution in [0.25, 0.3) is 11.1 Å². The van der Waals surface area contributed by atoms with E-state index in [9.17, 15) is 4.79 Å². The predicted octanol–water partition coefficient (Wildman–Crippen LogP) is 6.20. The zero-order chi connectivity index (χ0) is 23.9. The van der Waals surface area contributed by atoms with Crippen LogP contribution in [0.5, 0.6) is 11.5 Å². The maximum atomic E-state index is 11.2. The lowest BCUT2D eigenvalue weighted by Crippen LogP contribution is -2.17. The average Bonchev–Trinajstić information content (AvgIpc) is 3.34. The van der Waals surface area contributed by atoms with E-state index in [1.807, 2.05) is 6.07 Å². The molecule has 0 saturated carbocycles. The van der Waals surface area contributed by atoms with Gasteiger partial charge in [0.05, 0.1) is 7.11 Å². The number of carbonyl (C=O) groups excluding carboxylic acids is 1. The first kappa shape index (κ1) is 24.0. The van der Waals surface area contributed by atoms with Crippen molar-refractivity contribution >= 4 is 5.78 Å². The summed E-state index contributed by atoms with van der Waals surface area (Å²) in [5, 5.41) is 3.50. The summed E-state index contributed by atoms with van der Waals surface area (Å²) in [7, 11) is 1.73. The number of nitrogens with one attached hydrogen (secondary N) is 1. The summed E-state index contributed by atoms with van der Waals surface area (Å²) in [6.07, 6.45) is 4.71. The Balaban J connectivity index is 1.51. The Morgan fingerprint density at radius 2 is 1.79 bits per heavy atom. The topological polar surface area (TPSA) is 47.6 Å². The summed E-state index contributed by atoms with van der Waals surface area (Å²) in [5.74, 6) is 2.06. The highest BCUT2D eigenvalue weighted by Crippen LogP contribution is 2.39. The van der Waals surface area contributed by atoms with Crippen molar-refractivity contribution in [2.45, 2.75) is 59.1 Å². The van der Waals surface area contributed by atoms with E-state index in [1.54, 1.807) is 14.0 Å². The average molecular weight is 458 g/mol. The standard InChI is InChI=1S/C30H35NO3/c1-21(32)10-9-17-31-19-28-26-15-8-16-27(26)30(18-29(28)33-3)34-20-24-13-7-14-25(22(24)2)23-11-5-4-6-12-23/h4-7,11-14,18,31H,8-10,15-17,19-20H2,1-3H3. The van der Waals surface area contributed by atoms with Gasteiger partial charge < -0.3 is 19.6 Å². The number of hydrogen-bond acceptors (Lipinski definition) is 4. The summed E-state index contributed by atoms with van der Waals surface area (Å²) in [6.45, 7) is 5.93. The highest BCUT2D eigenvalue weighted by molar-refractivity contribution is 5.75. The number of methoxy groups -OCH3 is 1. The fraction of sp³-hybridized carbons (Fsp3) is 0.367. The van der Waals surface area contributed by atoms with Gasteiger partial charge in [0.15, 0.2) is 0 Å². The minimum absolute atomic E-state index is 0.242. The zero-order valence-electron chi connectivity index (χ0n) is 20.6. The molecule has 0 heterocycles. The first-order valence-electron chi connectivity index (χ1n) is 12.3. The normalized spacial score (nSPS) is 12.4. The number of hydrogen-bond donors (Lipinski definition) is 1. The molecule has 1 N–H and O–H groups in total. The molecule has 0 aromatic heterocycles. The molecule has 0 aliphatic heterocycles. The second-order valence-electron chi connectivity index (χ2n) is 9.09. The molecule has 1 aliphatic carbocycles. The van der Waals surface area contributed by atoms with Gasteiger partial charge in [-0.3, -0.25) is 0 Å². The number of ether oxygens (including phenoxy) is 2. The smallest absolute Gasteiger partial charge is 0.129 e. The van der Waals surface area contributed by atoms with E-state index in [0.717, 1.165) is 50.3 Å². The maximum Gasteiger partial charge on any atom is 0.129 e. The molecular formula is C30H35NO3. The second-order valence-corrected chi connectivity index (χ2v) is 9.09. The summed E-state index contributed by atoms with van der Waals surface area (Å²) in [4.78, 5) is 11.2. The van der Waals surface area contributed by atoms with Gasteiger partial charge in [0, 0.05) is 24.6 Å². The predicted molar refractivity (Wildman–Crippen MR) is 138 cm³/mol. The van der Waals surface area contributed by atoms with Crippen LogP contribution in [-0.4, -0.2) is 19.4 Å². The quantitative estimate of drug-likeness (QED) is 0.348. The molecule has 0 unspecified atom stereocenters.